The fraction of sp³-hybridized carbons (Fsp3) is 0.442. The van der Waals surface area contributed by atoms with E-state index in [1.807, 2.05) is 0 Å². The summed E-state index contributed by atoms with van der Waals surface area (Å²) in [4.78, 5) is 95.2. The van der Waals surface area contributed by atoms with Crippen molar-refractivity contribution in [1.82, 2.24) is 36.9 Å². The number of rotatable bonds is 20. The minimum Gasteiger partial charge on any atom is -0.494 e. The highest BCUT2D eigenvalue weighted by molar-refractivity contribution is 7.85. The molecule has 356 valence electrons. The fourth-order valence-electron chi connectivity index (χ4n) is 6.56. The number of benzene rings is 2. The molecule has 1 aromatic heterocycles. The van der Waals surface area contributed by atoms with Crippen molar-refractivity contribution < 1.29 is 56.4 Å². The zero-order chi connectivity index (χ0) is 48.2. The summed E-state index contributed by atoms with van der Waals surface area (Å²) in [5.41, 5.74) is 6.65. The number of azo groups is 1. The van der Waals surface area contributed by atoms with Crippen LogP contribution in [-0.2, 0) is 51.9 Å². The van der Waals surface area contributed by atoms with Crippen LogP contribution in [0.15, 0.2) is 82.0 Å². The van der Waals surface area contributed by atoms with Gasteiger partial charge < -0.3 is 47.5 Å². The molecule has 66 heavy (non-hydrogen) atoms. The van der Waals surface area contributed by atoms with Crippen LogP contribution in [0.3, 0.4) is 0 Å². The van der Waals surface area contributed by atoms with Crippen LogP contribution in [0.4, 0.5) is 5.82 Å². The lowest BCUT2D eigenvalue weighted by atomic mass is 9.99. The Morgan fingerprint density at radius 2 is 1.58 bits per heavy atom. The second kappa shape index (κ2) is 25.6. The van der Waals surface area contributed by atoms with Crippen LogP contribution in [0.25, 0.3) is 0 Å². The second-order valence-electron chi connectivity index (χ2n) is 15.6. The number of aromatic nitrogens is 1. The second-order valence-corrected chi connectivity index (χ2v) is 17.0. The highest BCUT2D eigenvalue weighted by Gasteiger charge is 2.34. The molecule has 0 saturated carbocycles. The maximum atomic E-state index is 13.9. The molecule has 4 atom stereocenters. The number of amides is 6. The molecule has 0 aliphatic carbocycles. The van der Waals surface area contributed by atoms with Crippen molar-refractivity contribution in [2.75, 3.05) is 26.2 Å². The van der Waals surface area contributed by atoms with Crippen molar-refractivity contribution in [3.05, 3.63) is 83.6 Å². The Morgan fingerprint density at radius 3 is 2.24 bits per heavy atom. The molecule has 1 aliphatic heterocycles. The van der Waals surface area contributed by atoms with Crippen molar-refractivity contribution in [1.29, 1.82) is 0 Å². The molecule has 1 fully saturated rings. The van der Waals surface area contributed by atoms with Crippen LogP contribution in [0.2, 0.25) is 0 Å². The number of carbonyl (C=O) groups excluding carboxylic acids is 6. The molecule has 0 radical (unpaired) electrons. The van der Waals surface area contributed by atoms with E-state index in [1.54, 1.807) is 44.2 Å². The molecule has 0 unspecified atom stereocenters. The number of carbonyl (C=O) groups is 7. The molecule has 22 nitrogen and oxygen atoms in total. The summed E-state index contributed by atoms with van der Waals surface area (Å²) in [5, 5.41) is 32.9. The Balaban J connectivity index is 1.35. The molecule has 3 aromatic rings. The lowest BCUT2D eigenvalue weighted by Crippen LogP contribution is -2.59. The Labute approximate surface area is 381 Å². The molecular formula is C43H56N10O12S. The van der Waals surface area contributed by atoms with Gasteiger partial charge in [-0.1, -0.05) is 57.0 Å². The Morgan fingerprint density at radius 1 is 0.864 bits per heavy atom. The monoisotopic (exact) mass is 936 g/mol. The number of aliphatic carboxylic acids is 1. The summed E-state index contributed by atoms with van der Waals surface area (Å²) in [6.07, 6.45) is 2.92. The molecule has 1 aliphatic rings. The van der Waals surface area contributed by atoms with Crippen LogP contribution >= 0.6 is 0 Å². The maximum absolute atomic E-state index is 13.9. The van der Waals surface area contributed by atoms with Crippen LogP contribution in [0.5, 0.6) is 5.75 Å². The lowest BCUT2D eigenvalue weighted by Gasteiger charge is -2.27. The van der Waals surface area contributed by atoms with Crippen molar-refractivity contribution in [3.8, 4) is 5.75 Å². The smallest absolute Gasteiger partial charge is 0.305 e. The zero-order valence-corrected chi connectivity index (χ0v) is 37.3. The van der Waals surface area contributed by atoms with Crippen molar-refractivity contribution in [2.45, 2.75) is 94.4 Å². The summed E-state index contributed by atoms with van der Waals surface area (Å²) in [6, 6.07) is 10.2. The number of nitrogens with one attached hydrogen (secondary N) is 6. The first-order chi connectivity index (χ1) is 31.4. The number of hydrogen-bond donors (Lipinski definition) is 9. The number of ether oxygens (including phenoxy) is 1. The van der Waals surface area contributed by atoms with Gasteiger partial charge in [-0.2, -0.15) is 13.5 Å². The van der Waals surface area contributed by atoms with E-state index in [4.69, 9.17) is 10.5 Å². The third-order valence-electron chi connectivity index (χ3n) is 10.1. The normalized spacial score (nSPS) is 18.8. The Kier molecular flexibility index (Phi) is 20.1. The van der Waals surface area contributed by atoms with Crippen LogP contribution in [-0.4, -0.2) is 115 Å². The summed E-state index contributed by atoms with van der Waals surface area (Å²) in [7, 11) is -4.43. The highest BCUT2D eigenvalue weighted by Crippen LogP contribution is 2.18. The molecule has 6 amide bonds. The number of nitrogens with zero attached hydrogens (tertiary/aromatic N) is 3. The van der Waals surface area contributed by atoms with E-state index in [-0.39, 0.29) is 54.4 Å². The lowest BCUT2D eigenvalue weighted by molar-refractivity contribution is -0.141. The quantitative estimate of drug-likeness (QED) is 0.0435. The molecule has 1 saturated heterocycles. The molecule has 23 heteroatoms. The van der Waals surface area contributed by atoms with Gasteiger partial charge in [-0.3, -0.25) is 38.1 Å². The van der Waals surface area contributed by atoms with Gasteiger partial charge in [0.15, 0.2) is 5.82 Å². The van der Waals surface area contributed by atoms with E-state index >= 15 is 0 Å². The van der Waals surface area contributed by atoms with Gasteiger partial charge in [-0.25, -0.2) is 4.98 Å². The number of unbranched alkanes of at least 4 members (excludes halogenated alkanes) is 2. The van der Waals surface area contributed by atoms with E-state index in [0.717, 1.165) is 0 Å². The van der Waals surface area contributed by atoms with E-state index in [1.165, 1.54) is 36.5 Å². The molecule has 2 aromatic carbocycles. The topological polar surface area (TPSA) is 339 Å². The number of pyridine rings is 1. The Bertz CT molecular complexity index is 2310. The number of hydrogen-bond acceptors (Lipinski definition) is 14. The van der Waals surface area contributed by atoms with Gasteiger partial charge in [-0.05, 0) is 73.2 Å². The average Bonchev–Trinajstić information content (AvgIpc) is 3.27. The molecular weight excluding hydrogens is 881 g/mol. The number of nitrogens with two attached hydrogens (primary N) is 1. The van der Waals surface area contributed by atoms with Gasteiger partial charge in [0.1, 0.15) is 29.9 Å². The van der Waals surface area contributed by atoms with Crippen LogP contribution < -0.4 is 42.4 Å². The number of carboxylic acids is 1. The largest absolute Gasteiger partial charge is 0.494 e. The zero-order valence-electron chi connectivity index (χ0n) is 36.5. The SMILES string of the molecule is CC(C)[C@@H]1NC(=O)[C@@H](Cc2ccc(OCCCNC(=O)c3ccc(N=NCc4ccccc4S(=O)(=O)O)nc3)cc2)NC(=O)[C@H](CC(=O)O)NC(=O)CNC(=O)[C@H](CCCCCN)NC1=O. The van der Waals surface area contributed by atoms with Gasteiger partial charge in [0.2, 0.25) is 29.5 Å². The number of carboxylic acid groups (broad SMARTS) is 1. The van der Waals surface area contributed by atoms with Crippen molar-refractivity contribution >= 4 is 57.3 Å². The first-order valence-corrected chi connectivity index (χ1v) is 22.7. The Hall–Kier alpha value is -6.85. The molecule has 2 heterocycles. The van der Waals surface area contributed by atoms with Gasteiger partial charge >= 0.3 is 5.97 Å². The van der Waals surface area contributed by atoms with E-state index < -0.39 is 94.6 Å². The van der Waals surface area contributed by atoms with E-state index in [9.17, 15) is 51.6 Å². The summed E-state index contributed by atoms with van der Waals surface area (Å²) in [5.74, 6) is -5.57. The summed E-state index contributed by atoms with van der Waals surface area (Å²) in [6.45, 7) is 3.56. The van der Waals surface area contributed by atoms with Gasteiger partial charge in [-0.15, -0.1) is 5.11 Å². The molecule has 10 N–H and O–H groups in total. The minimum atomic E-state index is -4.43. The van der Waals surface area contributed by atoms with Crippen LogP contribution in [0, 0.1) is 5.92 Å². The van der Waals surface area contributed by atoms with Gasteiger partial charge in [0.05, 0.1) is 36.6 Å². The molecule has 0 spiro atoms. The standard InChI is InChI=1S/C43H56N10O12S/c1-26(2)38-43(61)50-31(10-4-3-7-18-44)40(58)47-25-36(54)49-33(22-37(55)56)41(59)51-32(42(60)52-38)21-27-12-15-30(16-13-27)65-20-8-19-45-39(57)29-14-17-35(46-23-29)53-48-24-28-9-5-6-11-34(28)66(62,63)64/h5-6,9,11-17,23,26,31-33,38H,3-4,7-8,10,18-22,24-25,44H2,1-2H3,(H,45,57)(H,47,58)(H,49,54)(H,50,61)(H,51,59)(H,52,60)(H,55,56)(H,62,63,64)/t31-,32+,33-,38-/m0/s1. The first kappa shape index (κ1) is 51.8. The van der Waals surface area contributed by atoms with Gasteiger partial charge in [0, 0.05) is 19.2 Å². The predicted molar refractivity (Wildman–Crippen MR) is 237 cm³/mol. The van der Waals surface area contributed by atoms with Gasteiger partial charge in [0.25, 0.3) is 16.0 Å². The summed E-state index contributed by atoms with van der Waals surface area (Å²) < 4.78 is 38.4. The predicted octanol–water partition coefficient (Wildman–Crippen LogP) is 1.07. The third-order valence-corrected chi connectivity index (χ3v) is 11.0. The average molecular weight is 937 g/mol. The third kappa shape index (κ3) is 16.9. The van der Waals surface area contributed by atoms with E-state index in [2.05, 4.69) is 47.1 Å². The van der Waals surface area contributed by atoms with E-state index in [0.29, 0.717) is 43.5 Å². The summed E-state index contributed by atoms with van der Waals surface area (Å²) >= 11 is 0. The maximum Gasteiger partial charge on any atom is 0.305 e. The minimum absolute atomic E-state index is 0.113. The molecule has 4 rings (SSSR count). The van der Waals surface area contributed by atoms with Crippen LogP contribution in [0.1, 0.15) is 73.9 Å². The van der Waals surface area contributed by atoms with Crippen molar-refractivity contribution in [3.63, 3.8) is 0 Å². The molecule has 0 bridgehead atoms. The van der Waals surface area contributed by atoms with Crippen molar-refractivity contribution in [2.24, 2.45) is 21.9 Å². The first-order valence-electron chi connectivity index (χ1n) is 21.2. The fourth-order valence-corrected chi connectivity index (χ4v) is 7.28. The highest BCUT2D eigenvalue weighted by atomic mass is 32.2.